The average molecular weight is 396 g/mol. The van der Waals surface area contributed by atoms with E-state index in [1.807, 2.05) is 38.1 Å². The van der Waals surface area contributed by atoms with Crippen molar-refractivity contribution in [1.82, 2.24) is 10.9 Å². The number of hydrazine groups is 1. The third-order valence-corrected chi connectivity index (χ3v) is 5.05. The Labute approximate surface area is 170 Å². The number of thiocarbonyl (C=S) groups is 1. The van der Waals surface area contributed by atoms with Crippen LogP contribution in [0.3, 0.4) is 0 Å². The molecule has 1 heterocycles. The van der Waals surface area contributed by atoms with Gasteiger partial charge in [-0.3, -0.25) is 15.6 Å². The molecule has 0 unspecified atom stereocenters. The molecule has 28 heavy (non-hydrogen) atoms. The van der Waals surface area contributed by atoms with Crippen molar-refractivity contribution in [2.45, 2.75) is 40.0 Å². The summed E-state index contributed by atoms with van der Waals surface area (Å²) >= 11 is 5.24. The van der Waals surface area contributed by atoms with Gasteiger partial charge in [0.25, 0.3) is 0 Å². The van der Waals surface area contributed by atoms with Crippen molar-refractivity contribution in [2.24, 2.45) is 0 Å². The van der Waals surface area contributed by atoms with Gasteiger partial charge in [-0.25, -0.2) is 0 Å². The van der Waals surface area contributed by atoms with Gasteiger partial charge in [-0.1, -0.05) is 38.1 Å². The first-order valence-electron chi connectivity index (χ1n) is 9.27. The van der Waals surface area contributed by atoms with E-state index in [4.69, 9.17) is 16.6 Å². The number of hydrogen-bond donors (Lipinski definition) is 3. The molecule has 0 radical (unpaired) electrons. The zero-order valence-electron chi connectivity index (χ0n) is 16.6. The molecule has 1 aromatic heterocycles. The number of furan rings is 1. The van der Waals surface area contributed by atoms with Crippen molar-refractivity contribution in [1.29, 1.82) is 0 Å². The van der Waals surface area contributed by atoms with Crippen LogP contribution in [0.15, 0.2) is 47.1 Å². The summed E-state index contributed by atoms with van der Waals surface area (Å²) in [6.45, 7) is 8.36. The third kappa shape index (κ3) is 4.51. The number of anilines is 1. The molecule has 6 heteroatoms. The highest BCUT2D eigenvalue weighted by Gasteiger charge is 2.13. The van der Waals surface area contributed by atoms with Crippen LogP contribution in [0.5, 0.6) is 0 Å². The van der Waals surface area contributed by atoms with Crippen LogP contribution in [-0.2, 0) is 11.2 Å². The Kier molecular flexibility index (Phi) is 5.99. The van der Waals surface area contributed by atoms with E-state index in [1.54, 1.807) is 6.26 Å². The lowest BCUT2D eigenvalue weighted by Gasteiger charge is -2.12. The first-order chi connectivity index (χ1) is 13.3. The number of carbonyl (C=O) groups is 1. The molecule has 3 rings (SSSR count). The van der Waals surface area contributed by atoms with Crippen molar-refractivity contribution in [3.63, 3.8) is 0 Å². The molecule has 0 aliphatic carbocycles. The maximum atomic E-state index is 12.3. The maximum absolute atomic E-state index is 12.3. The van der Waals surface area contributed by atoms with Gasteiger partial charge in [-0.05, 0) is 60.8 Å². The molecule has 0 fully saturated rings. The minimum Gasteiger partial charge on any atom is -0.464 e. The molecule has 0 spiro atoms. The van der Waals surface area contributed by atoms with Crippen molar-refractivity contribution in [2.75, 3.05) is 5.32 Å². The molecule has 3 aromatic rings. The SMILES string of the molecule is Cc1ccc2c(CC(=O)NNC(=S)Nc3ccc(C(C)C)cc3)coc2c1C. The Balaban J connectivity index is 1.54. The first-order valence-corrected chi connectivity index (χ1v) is 9.68. The second-order valence-corrected chi connectivity index (χ2v) is 7.63. The van der Waals surface area contributed by atoms with Gasteiger partial charge in [0.1, 0.15) is 5.58 Å². The fraction of sp³-hybridized carbons (Fsp3) is 0.273. The molecule has 0 aliphatic rings. The normalized spacial score (nSPS) is 10.9. The molecule has 1 amide bonds. The molecule has 0 bridgehead atoms. The fourth-order valence-corrected chi connectivity index (χ4v) is 3.15. The van der Waals surface area contributed by atoms with Crippen molar-refractivity contribution in [3.8, 4) is 0 Å². The highest BCUT2D eigenvalue weighted by atomic mass is 32.1. The lowest BCUT2D eigenvalue weighted by molar-refractivity contribution is -0.120. The first kappa shape index (κ1) is 19.9. The molecule has 0 saturated heterocycles. The van der Waals surface area contributed by atoms with Crippen LogP contribution >= 0.6 is 12.2 Å². The lowest BCUT2D eigenvalue weighted by atomic mass is 10.0. The van der Waals surface area contributed by atoms with Gasteiger partial charge in [-0.2, -0.15) is 0 Å². The van der Waals surface area contributed by atoms with Gasteiger partial charge >= 0.3 is 0 Å². The van der Waals surface area contributed by atoms with E-state index in [9.17, 15) is 4.79 Å². The summed E-state index contributed by atoms with van der Waals surface area (Å²) in [6.07, 6.45) is 1.84. The number of carbonyl (C=O) groups excluding carboxylic acids is 1. The Hall–Kier alpha value is -2.86. The molecule has 0 atom stereocenters. The van der Waals surface area contributed by atoms with Gasteiger partial charge in [0, 0.05) is 16.6 Å². The Bertz CT molecular complexity index is 1010. The lowest BCUT2D eigenvalue weighted by Crippen LogP contribution is -2.44. The fourth-order valence-electron chi connectivity index (χ4n) is 2.98. The molecule has 0 aliphatic heterocycles. The van der Waals surface area contributed by atoms with Crippen LogP contribution in [0, 0.1) is 13.8 Å². The summed E-state index contributed by atoms with van der Waals surface area (Å²) in [7, 11) is 0. The van der Waals surface area contributed by atoms with Crippen LogP contribution in [0.2, 0.25) is 0 Å². The molecule has 2 aromatic carbocycles. The second-order valence-electron chi connectivity index (χ2n) is 7.23. The number of rotatable bonds is 4. The van der Waals surface area contributed by atoms with E-state index in [0.717, 1.165) is 33.3 Å². The van der Waals surface area contributed by atoms with Crippen LogP contribution in [0.1, 0.15) is 42.0 Å². The van der Waals surface area contributed by atoms with Gasteiger partial charge in [-0.15, -0.1) is 0 Å². The molecular formula is C22H25N3O2S. The molecule has 3 N–H and O–H groups in total. The van der Waals surface area contributed by atoms with Gasteiger partial charge < -0.3 is 9.73 Å². The van der Waals surface area contributed by atoms with Crippen molar-refractivity contribution >= 4 is 39.9 Å². The molecule has 5 nitrogen and oxygen atoms in total. The summed E-state index contributed by atoms with van der Waals surface area (Å²) in [4.78, 5) is 12.3. The largest absolute Gasteiger partial charge is 0.464 e. The van der Waals surface area contributed by atoms with E-state index < -0.39 is 0 Å². The number of hydrogen-bond acceptors (Lipinski definition) is 3. The zero-order valence-corrected chi connectivity index (χ0v) is 17.4. The second kappa shape index (κ2) is 8.44. The molecular weight excluding hydrogens is 370 g/mol. The van der Waals surface area contributed by atoms with Crippen LogP contribution in [-0.4, -0.2) is 11.0 Å². The highest BCUT2D eigenvalue weighted by molar-refractivity contribution is 7.80. The van der Waals surface area contributed by atoms with Gasteiger partial charge in [0.05, 0.1) is 12.7 Å². The number of aryl methyl sites for hydroxylation is 2. The summed E-state index contributed by atoms with van der Waals surface area (Å²) in [6, 6.07) is 12.1. The van der Waals surface area contributed by atoms with Crippen LogP contribution in [0.4, 0.5) is 5.69 Å². The average Bonchev–Trinajstić information content (AvgIpc) is 3.07. The summed E-state index contributed by atoms with van der Waals surface area (Å²) in [5.41, 5.74) is 11.4. The number of nitrogens with one attached hydrogen (secondary N) is 3. The van der Waals surface area contributed by atoms with E-state index in [2.05, 4.69) is 42.1 Å². The molecule has 0 saturated carbocycles. The van der Waals surface area contributed by atoms with Crippen molar-refractivity contribution < 1.29 is 9.21 Å². The van der Waals surface area contributed by atoms with E-state index in [-0.39, 0.29) is 12.3 Å². The minimum absolute atomic E-state index is 0.194. The monoisotopic (exact) mass is 395 g/mol. The predicted octanol–water partition coefficient (Wildman–Crippen LogP) is 4.73. The predicted molar refractivity (Wildman–Crippen MR) is 117 cm³/mol. The van der Waals surface area contributed by atoms with Crippen LogP contribution in [0.25, 0.3) is 11.0 Å². The minimum atomic E-state index is -0.194. The van der Waals surface area contributed by atoms with E-state index in [1.165, 1.54) is 5.56 Å². The topological polar surface area (TPSA) is 66.3 Å². The van der Waals surface area contributed by atoms with Gasteiger partial charge in [0.2, 0.25) is 5.91 Å². The van der Waals surface area contributed by atoms with Gasteiger partial charge in [0.15, 0.2) is 5.11 Å². The smallest absolute Gasteiger partial charge is 0.242 e. The number of fused-ring (bicyclic) bond motifs is 1. The quantitative estimate of drug-likeness (QED) is 0.440. The Morgan fingerprint density at radius 3 is 2.46 bits per heavy atom. The number of benzene rings is 2. The summed E-state index contributed by atoms with van der Waals surface area (Å²) in [5.74, 6) is 0.283. The molecule has 146 valence electrons. The highest BCUT2D eigenvalue weighted by Crippen LogP contribution is 2.26. The standard InChI is InChI=1S/C22H25N3O2S/c1-13(2)16-6-8-18(9-7-16)23-22(28)25-24-20(26)11-17-12-27-21-15(4)14(3)5-10-19(17)21/h5-10,12-13H,11H2,1-4H3,(H,24,26)(H2,23,25,28). The zero-order chi connectivity index (χ0) is 20.3. The third-order valence-electron chi connectivity index (χ3n) is 4.84. The maximum Gasteiger partial charge on any atom is 0.242 e. The van der Waals surface area contributed by atoms with E-state index >= 15 is 0 Å². The summed E-state index contributed by atoms with van der Waals surface area (Å²) in [5, 5.41) is 4.34. The Morgan fingerprint density at radius 1 is 1.07 bits per heavy atom. The summed E-state index contributed by atoms with van der Waals surface area (Å²) < 4.78 is 5.65. The number of amides is 1. The Morgan fingerprint density at radius 2 is 1.79 bits per heavy atom. The van der Waals surface area contributed by atoms with Crippen molar-refractivity contribution in [3.05, 3.63) is 64.9 Å². The van der Waals surface area contributed by atoms with Crippen LogP contribution < -0.4 is 16.2 Å². The van der Waals surface area contributed by atoms with E-state index in [0.29, 0.717) is 11.0 Å².